The van der Waals surface area contributed by atoms with Crippen molar-refractivity contribution in [3.8, 4) is 0 Å². The van der Waals surface area contributed by atoms with Crippen LogP contribution in [0.1, 0.15) is 12.7 Å². The van der Waals surface area contributed by atoms with E-state index in [9.17, 15) is 9.59 Å². The van der Waals surface area contributed by atoms with Crippen molar-refractivity contribution >= 4 is 11.9 Å². The molecule has 0 saturated heterocycles. The number of aliphatic carboxylic acids is 2. The Kier molecular flexibility index (Phi) is 4.65. The molecular weight excluding hydrogens is 226 g/mol. The number of imidazole rings is 1. The van der Waals surface area contributed by atoms with Gasteiger partial charge in [0, 0.05) is 18.9 Å². The lowest BCUT2D eigenvalue weighted by Crippen LogP contribution is -2.34. The zero-order chi connectivity index (χ0) is 12.8. The number of aryl methyl sites for hydroxylation is 1. The van der Waals surface area contributed by atoms with Gasteiger partial charge >= 0.3 is 11.9 Å². The van der Waals surface area contributed by atoms with Gasteiger partial charge in [0.05, 0.1) is 19.6 Å². The van der Waals surface area contributed by atoms with Gasteiger partial charge in [-0.2, -0.15) is 0 Å². The van der Waals surface area contributed by atoms with E-state index in [-0.39, 0.29) is 19.6 Å². The van der Waals surface area contributed by atoms with E-state index < -0.39 is 11.9 Å². The average molecular weight is 241 g/mol. The molecule has 0 unspecified atom stereocenters. The van der Waals surface area contributed by atoms with Gasteiger partial charge < -0.3 is 14.8 Å². The molecule has 17 heavy (non-hydrogen) atoms. The van der Waals surface area contributed by atoms with Gasteiger partial charge in [0.2, 0.25) is 0 Å². The Bertz CT molecular complexity index is 386. The van der Waals surface area contributed by atoms with Crippen LogP contribution in [-0.2, 0) is 22.7 Å². The molecule has 7 heteroatoms. The van der Waals surface area contributed by atoms with Crippen LogP contribution in [0.3, 0.4) is 0 Å². The summed E-state index contributed by atoms with van der Waals surface area (Å²) in [6.45, 7) is 2.22. The standard InChI is InChI=1S/C10H15N3O4/c1-2-13-4-3-11-8(13)5-12(6-9(14)15)7-10(16)17/h3-4H,2,5-7H2,1H3,(H,14,15)(H,16,17). The molecule has 0 saturated carbocycles. The van der Waals surface area contributed by atoms with Gasteiger partial charge in [-0.05, 0) is 6.92 Å². The van der Waals surface area contributed by atoms with Crippen LogP contribution in [0.4, 0.5) is 0 Å². The Hall–Kier alpha value is -1.89. The number of carbonyl (C=O) groups is 2. The first kappa shape index (κ1) is 13.2. The molecule has 0 spiro atoms. The molecule has 0 aromatic carbocycles. The van der Waals surface area contributed by atoms with Crippen molar-refractivity contribution in [2.45, 2.75) is 20.0 Å². The van der Waals surface area contributed by atoms with Gasteiger partial charge in [0.1, 0.15) is 5.82 Å². The van der Waals surface area contributed by atoms with Crippen molar-refractivity contribution in [2.75, 3.05) is 13.1 Å². The normalized spacial score (nSPS) is 10.7. The maximum Gasteiger partial charge on any atom is 0.317 e. The van der Waals surface area contributed by atoms with Crippen LogP contribution >= 0.6 is 0 Å². The summed E-state index contributed by atoms with van der Waals surface area (Å²) >= 11 is 0. The van der Waals surface area contributed by atoms with Crippen molar-refractivity contribution in [3.05, 3.63) is 18.2 Å². The van der Waals surface area contributed by atoms with Crippen molar-refractivity contribution in [1.82, 2.24) is 14.5 Å². The SMILES string of the molecule is CCn1ccnc1CN(CC(=O)O)CC(=O)O. The van der Waals surface area contributed by atoms with Crippen molar-refractivity contribution < 1.29 is 19.8 Å². The second kappa shape index (κ2) is 6.00. The number of hydrogen-bond acceptors (Lipinski definition) is 4. The number of hydrogen-bond donors (Lipinski definition) is 2. The molecule has 1 aromatic heterocycles. The van der Waals surface area contributed by atoms with Crippen LogP contribution in [0.2, 0.25) is 0 Å². The third kappa shape index (κ3) is 4.23. The third-order valence-corrected chi connectivity index (χ3v) is 2.23. The molecule has 0 amide bonds. The summed E-state index contributed by atoms with van der Waals surface area (Å²) in [6.07, 6.45) is 3.38. The van der Waals surface area contributed by atoms with E-state index in [1.165, 1.54) is 4.90 Å². The molecule has 0 radical (unpaired) electrons. The molecule has 1 rings (SSSR count). The Labute approximate surface area is 98.3 Å². The Balaban J connectivity index is 2.71. The van der Waals surface area contributed by atoms with E-state index in [4.69, 9.17) is 10.2 Å². The van der Waals surface area contributed by atoms with E-state index >= 15 is 0 Å². The predicted octanol–water partition coefficient (Wildman–Crippen LogP) is -0.126. The first-order valence-corrected chi connectivity index (χ1v) is 5.19. The second-order valence-corrected chi connectivity index (χ2v) is 3.56. The fourth-order valence-electron chi connectivity index (χ4n) is 1.53. The lowest BCUT2D eigenvalue weighted by molar-refractivity contribution is -0.142. The highest BCUT2D eigenvalue weighted by Crippen LogP contribution is 2.03. The number of carboxylic acid groups (broad SMARTS) is 2. The van der Waals surface area contributed by atoms with E-state index in [0.29, 0.717) is 12.4 Å². The zero-order valence-corrected chi connectivity index (χ0v) is 9.54. The number of rotatable bonds is 7. The lowest BCUT2D eigenvalue weighted by Gasteiger charge is -2.17. The summed E-state index contributed by atoms with van der Waals surface area (Å²) in [7, 11) is 0. The summed E-state index contributed by atoms with van der Waals surface area (Å²) < 4.78 is 1.84. The maximum atomic E-state index is 10.6. The first-order valence-electron chi connectivity index (χ1n) is 5.19. The number of aromatic nitrogens is 2. The Morgan fingerprint density at radius 3 is 2.41 bits per heavy atom. The molecule has 2 N–H and O–H groups in total. The fraction of sp³-hybridized carbons (Fsp3) is 0.500. The van der Waals surface area contributed by atoms with Crippen LogP contribution in [0.5, 0.6) is 0 Å². The smallest absolute Gasteiger partial charge is 0.317 e. The van der Waals surface area contributed by atoms with Gasteiger partial charge in [-0.25, -0.2) is 4.98 Å². The van der Waals surface area contributed by atoms with Crippen LogP contribution in [-0.4, -0.2) is 49.7 Å². The summed E-state index contributed by atoms with van der Waals surface area (Å²) in [5, 5.41) is 17.4. The van der Waals surface area contributed by atoms with Crippen LogP contribution in [0, 0.1) is 0 Å². The minimum Gasteiger partial charge on any atom is -0.480 e. The molecule has 1 aromatic rings. The highest BCUT2D eigenvalue weighted by atomic mass is 16.4. The molecule has 7 nitrogen and oxygen atoms in total. The predicted molar refractivity (Wildman–Crippen MR) is 58.4 cm³/mol. The highest BCUT2D eigenvalue weighted by molar-refractivity contribution is 5.72. The topological polar surface area (TPSA) is 95.7 Å². The monoisotopic (exact) mass is 241 g/mol. The van der Waals surface area contributed by atoms with E-state index in [1.54, 1.807) is 12.4 Å². The van der Waals surface area contributed by atoms with Crippen molar-refractivity contribution in [3.63, 3.8) is 0 Å². The maximum absolute atomic E-state index is 10.6. The van der Waals surface area contributed by atoms with Crippen LogP contribution < -0.4 is 0 Å². The minimum absolute atomic E-state index is 0.208. The number of nitrogens with zero attached hydrogens (tertiary/aromatic N) is 3. The first-order chi connectivity index (χ1) is 8.02. The van der Waals surface area contributed by atoms with Crippen molar-refractivity contribution in [1.29, 1.82) is 0 Å². The van der Waals surface area contributed by atoms with Gasteiger partial charge in [0.25, 0.3) is 0 Å². The zero-order valence-electron chi connectivity index (χ0n) is 9.54. The Morgan fingerprint density at radius 2 is 1.94 bits per heavy atom. The summed E-state index contributed by atoms with van der Waals surface area (Å²) in [4.78, 5) is 26.6. The molecule has 0 aliphatic heterocycles. The minimum atomic E-state index is -1.05. The van der Waals surface area contributed by atoms with Gasteiger partial charge in [0.15, 0.2) is 0 Å². The summed E-state index contributed by atoms with van der Waals surface area (Å²) in [6, 6.07) is 0. The molecule has 0 aliphatic rings. The van der Waals surface area contributed by atoms with Gasteiger partial charge in [-0.1, -0.05) is 0 Å². The molecule has 0 bridgehead atoms. The lowest BCUT2D eigenvalue weighted by atomic mass is 10.4. The van der Waals surface area contributed by atoms with Gasteiger partial charge in [-0.15, -0.1) is 0 Å². The van der Waals surface area contributed by atoms with Crippen molar-refractivity contribution in [2.24, 2.45) is 0 Å². The van der Waals surface area contributed by atoms with E-state index in [1.807, 2.05) is 11.5 Å². The molecule has 0 fully saturated rings. The Morgan fingerprint density at radius 1 is 1.35 bits per heavy atom. The molecular formula is C10H15N3O4. The van der Waals surface area contributed by atoms with Crippen LogP contribution in [0.25, 0.3) is 0 Å². The van der Waals surface area contributed by atoms with E-state index in [0.717, 1.165) is 0 Å². The van der Waals surface area contributed by atoms with Crippen LogP contribution in [0.15, 0.2) is 12.4 Å². The fourth-order valence-corrected chi connectivity index (χ4v) is 1.53. The number of carboxylic acids is 2. The molecule has 0 atom stereocenters. The molecule has 1 heterocycles. The summed E-state index contributed by atoms with van der Waals surface area (Å²) in [5.41, 5.74) is 0. The third-order valence-electron chi connectivity index (χ3n) is 2.23. The second-order valence-electron chi connectivity index (χ2n) is 3.56. The highest BCUT2D eigenvalue weighted by Gasteiger charge is 2.15. The van der Waals surface area contributed by atoms with Gasteiger partial charge in [-0.3, -0.25) is 14.5 Å². The molecule has 94 valence electrons. The quantitative estimate of drug-likeness (QED) is 0.690. The summed E-state index contributed by atoms with van der Waals surface area (Å²) in [5.74, 6) is -1.45. The average Bonchev–Trinajstić information content (AvgIpc) is 2.62. The largest absolute Gasteiger partial charge is 0.480 e. The van der Waals surface area contributed by atoms with E-state index in [2.05, 4.69) is 4.98 Å². The molecule has 0 aliphatic carbocycles.